The van der Waals surface area contributed by atoms with Gasteiger partial charge in [-0.25, -0.2) is 8.78 Å². The predicted molar refractivity (Wildman–Crippen MR) is 142 cm³/mol. The molecule has 11 heteroatoms. The fraction of sp³-hybridized carbons (Fsp3) is 0.481. The van der Waals surface area contributed by atoms with Gasteiger partial charge in [0.05, 0.1) is 24.7 Å². The molecule has 6 rings (SSSR count). The van der Waals surface area contributed by atoms with E-state index in [1.807, 2.05) is 13.1 Å². The number of ether oxygens (including phenoxy) is 1. The Bertz CT molecular complexity index is 1350. The summed E-state index contributed by atoms with van der Waals surface area (Å²) in [5.74, 6) is 1.34. The Labute approximate surface area is 220 Å². The summed E-state index contributed by atoms with van der Waals surface area (Å²) in [5, 5.41) is 14.9. The Morgan fingerprint density at radius 2 is 1.87 bits per heavy atom. The first-order chi connectivity index (χ1) is 18.3. The molecule has 1 unspecified atom stereocenters. The van der Waals surface area contributed by atoms with Crippen LogP contribution in [0.25, 0.3) is 0 Å². The maximum Gasteiger partial charge on any atom is 0.235 e. The van der Waals surface area contributed by atoms with Crippen LogP contribution >= 0.6 is 0 Å². The molecule has 2 aromatic heterocycles. The van der Waals surface area contributed by atoms with Gasteiger partial charge in [0.1, 0.15) is 11.6 Å². The minimum Gasteiger partial charge on any atom is -0.480 e. The number of benzene rings is 1. The van der Waals surface area contributed by atoms with Gasteiger partial charge in [-0.05, 0) is 36.8 Å². The third-order valence-corrected chi connectivity index (χ3v) is 8.16. The van der Waals surface area contributed by atoms with Gasteiger partial charge < -0.3 is 25.2 Å². The number of hydrogen-bond acceptors (Lipinski definition) is 9. The van der Waals surface area contributed by atoms with Gasteiger partial charge in [-0.1, -0.05) is 19.9 Å². The van der Waals surface area contributed by atoms with Crippen molar-refractivity contribution in [2.45, 2.75) is 38.1 Å². The lowest BCUT2D eigenvalue weighted by Gasteiger charge is -2.39. The largest absolute Gasteiger partial charge is 0.480 e. The first-order valence-corrected chi connectivity index (χ1v) is 13.0. The standard InChI is InChI=1S/C27H32F2N8O/c1-27(2)14-37(19-7-5-6-18(28)22(19)29)25-21(27)24(30-3)33-26(34-25)32-23-15-8-9-16(23)13-36(12-15)17-10-20(38-4)35-31-11-17/h5-7,10-11,15-16,23H,8-9,12-14H2,1-4H3,(H2,30,32,33,34)/t15-,16+,23?. The normalized spacial score (nSPS) is 23.4. The van der Waals surface area contributed by atoms with Crippen molar-refractivity contribution < 1.29 is 13.5 Å². The first-order valence-electron chi connectivity index (χ1n) is 13.0. The molecule has 3 aliphatic rings. The van der Waals surface area contributed by atoms with Crippen molar-refractivity contribution >= 4 is 29.0 Å². The minimum absolute atomic E-state index is 0.179. The Balaban J connectivity index is 1.30. The van der Waals surface area contributed by atoms with E-state index >= 15 is 0 Å². The van der Waals surface area contributed by atoms with Crippen LogP contribution in [0.5, 0.6) is 5.88 Å². The SMILES string of the molecule is CNc1nc(NC2[C@@H]3CC[C@H]2CN(c2cnnc(OC)c2)C3)nc2c1C(C)(C)CN2c1cccc(F)c1F. The summed E-state index contributed by atoms with van der Waals surface area (Å²) in [6, 6.07) is 6.38. The molecule has 2 fully saturated rings. The van der Waals surface area contributed by atoms with E-state index in [4.69, 9.17) is 14.7 Å². The van der Waals surface area contributed by atoms with Crippen molar-refractivity contribution in [3.05, 3.63) is 47.7 Å². The highest BCUT2D eigenvalue weighted by Gasteiger charge is 2.44. The molecule has 1 saturated carbocycles. The molecule has 2 N–H and O–H groups in total. The molecule has 3 aromatic rings. The van der Waals surface area contributed by atoms with Crippen LogP contribution in [0.4, 0.5) is 37.7 Å². The molecule has 1 saturated heterocycles. The molecule has 0 spiro atoms. The number of nitrogens with zero attached hydrogens (tertiary/aromatic N) is 6. The van der Waals surface area contributed by atoms with Gasteiger partial charge in [0, 0.05) is 49.8 Å². The summed E-state index contributed by atoms with van der Waals surface area (Å²) in [6.07, 6.45) is 3.98. The molecule has 0 amide bonds. The van der Waals surface area contributed by atoms with Gasteiger partial charge in [0.2, 0.25) is 11.8 Å². The molecule has 200 valence electrons. The zero-order valence-electron chi connectivity index (χ0n) is 22.0. The summed E-state index contributed by atoms with van der Waals surface area (Å²) >= 11 is 0. The Morgan fingerprint density at radius 3 is 2.58 bits per heavy atom. The van der Waals surface area contributed by atoms with Crippen LogP contribution in [0, 0.1) is 23.5 Å². The van der Waals surface area contributed by atoms with E-state index < -0.39 is 11.6 Å². The Morgan fingerprint density at radius 1 is 1.11 bits per heavy atom. The minimum atomic E-state index is -0.875. The van der Waals surface area contributed by atoms with E-state index in [0.29, 0.717) is 41.8 Å². The molecule has 2 bridgehead atoms. The predicted octanol–water partition coefficient (Wildman–Crippen LogP) is 4.35. The van der Waals surface area contributed by atoms with Gasteiger partial charge >= 0.3 is 0 Å². The van der Waals surface area contributed by atoms with Crippen LogP contribution in [0.3, 0.4) is 0 Å². The van der Waals surface area contributed by atoms with Crippen LogP contribution in [-0.4, -0.2) is 60.0 Å². The average Bonchev–Trinajstić information content (AvgIpc) is 3.30. The molecule has 0 radical (unpaired) electrons. The number of nitrogens with one attached hydrogen (secondary N) is 2. The number of aromatic nitrogens is 4. The Hall–Kier alpha value is -3.76. The Kier molecular flexibility index (Phi) is 5.96. The second-order valence-corrected chi connectivity index (χ2v) is 11.0. The molecule has 3 atom stereocenters. The number of halogens is 2. The summed E-state index contributed by atoms with van der Waals surface area (Å²) in [4.78, 5) is 13.9. The molecule has 1 aromatic carbocycles. The highest BCUT2D eigenvalue weighted by atomic mass is 19.2. The van der Waals surface area contributed by atoms with Crippen molar-refractivity contribution in [1.29, 1.82) is 0 Å². The van der Waals surface area contributed by atoms with Gasteiger partial charge in [0.15, 0.2) is 11.6 Å². The topological polar surface area (TPSA) is 91.3 Å². The van der Waals surface area contributed by atoms with Gasteiger partial charge in [-0.15, -0.1) is 5.10 Å². The maximum atomic E-state index is 14.9. The monoisotopic (exact) mass is 522 g/mol. The van der Waals surface area contributed by atoms with Crippen LogP contribution < -0.4 is 25.2 Å². The zero-order chi connectivity index (χ0) is 26.6. The van der Waals surface area contributed by atoms with Gasteiger partial charge in [0.25, 0.3) is 0 Å². The average molecular weight is 523 g/mol. The molecular weight excluding hydrogens is 490 g/mol. The van der Waals surface area contributed by atoms with Crippen molar-refractivity contribution in [1.82, 2.24) is 20.2 Å². The lowest BCUT2D eigenvalue weighted by atomic mass is 9.88. The second kappa shape index (κ2) is 9.21. The smallest absolute Gasteiger partial charge is 0.235 e. The fourth-order valence-corrected chi connectivity index (χ4v) is 6.39. The van der Waals surface area contributed by atoms with Crippen LogP contribution in [0.1, 0.15) is 32.3 Å². The van der Waals surface area contributed by atoms with E-state index in [1.54, 1.807) is 24.3 Å². The first kappa shape index (κ1) is 24.6. The quantitative estimate of drug-likeness (QED) is 0.490. The van der Waals surface area contributed by atoms with Crippen LogP contribution in [-0.2, 0) is 5.41 Å². The fourth-order valence-electron chi connectivity index (χ4n) is 6.39. The van der Waals surface area contributed by atoms with E-state index in [0.717, 1.165) is 43.2 Å². The van der Waals surface area contributed by atoms with E-state index in [9.17, 15) is 8.78 Å². The number of fused-ring (bicyclic) bond motifs is 3. The lowest BCUT2D eigenvalue weighted by molar-refractivity contribution is 0.373. The highest BCUT2D eigenvalue weighted by molar-refractivity contribution is 5.76. The van der Waals surface area contributed by atoms with Gasteiger partial charge in [-0.2, -0.15) is 15.1 Å². The number of hydrogen-bond donors (Lipinski definition) is 2. The third kappa shape index (κ3) is 4.04. The van der Waals surface area contributed by atoms with Crippen molar-refractivity contribution in [2.75, 3.05) is 54.2 Å². The second-order valence-electron chi connectivity index (χ2n) is 11.0. The molecule has 1 aliphatic carbocycles. The van der Waals surface area contributed by atoms with Crippen molar-refractivity contribution in [3.8, 4) is 5.88 Å². The highest BCUT2D eigenvalue weighted by Crippen LogP contribution is 2.48. The van der Waals surface area contributed by atoms with E-state index in [-0.39, 0.29) is 17.1 Å². The number of rotatable bonds is 6. The van der Waals surface area contributed by atoms with Gasteiger partial charge in [-0.3, -0.25) is 0 Å². The molecule has 2 aliphatic heterocycles. The summed E-state index contributed by atoms with van der Waals surface area (Å²) in [6.45, 7) is 6.35. The molecule has 38 heavy (non-hydrogen) atoms. The van der Waals surface area contributed by atoms with Crippen LogP contribution in [0.15, 0.2) is 30.5 Å². The molecule has 9 nitrogen and oxygen atoms in total. The lowest BCUT2D eigenvalue weighted by Crippen LogP contribution is -2.48. The van der Waals surface area contributed by atoms with E-state index in [1.165, 1.54) is 6.07 Å². The zero-order valence-corrected chi connectivity index (χ0v) is 22.0. The number of methoxy groups -OCH3 is 1. The van der Waals surface area contributed by atoms with Crippen molar-refractivity contribution in [2.24, 2.45) is 11.8 Å². The summed E-state index contributed by atoms with van der Waals surface area (Å²) in [7, 11) is 3.42. The number of anilines is 5. The third-order valence-electron chi connectivity index (χ3n) is 8.16. The maximum absolute atomic E-state index is 14.9. The van der Waals surface area contributed by atoms with E-state index in [2.05, 4.69) is 39.6 Å². The number of piperidine rings is 1. The summed E-state index contributed by atoms with van der Waals surface area (Å²) < 4.78 is 34.3. The summed E-state index contributed by atoms with van der Waals surface area (Å²) in [5.41, 5.74) is 1.72. The molecule has 4 heterocycles. The molecular formula is C27H32F2N8O. The van der Waals surface area contributed by atoms with Crippen molar-refractivity contribution in [3.63, 3.8) is 0 Å². The van der Waals surface area contributed by atoms with Crippen LogP contribution in [0.2, 0.25) is 0 Å².